The normalized spacial score (nSPS) is 11.5. The number of benzene rings is 2. The van der Waals surface area contributed by atoms with E-state index in [2.05, 4.69) is 6.58 Å². The van der Waals surface area contributed by atoms with Crippen molar-refractivity contribution in [3.8, 4) is 11.5 Å². The molecule has 0 heterocycles. The summed E-state index contributed by atoms with van der Waals surface area (Å²) < 4.78 is 10.7. The van der Waals surface area contributed by atoms with E-state index in [0.29, 0.717) is 23.3 Å². The smallest absolute Gasteiger partial charge is 0.333 e. The summed E-state index contributed by atoms with van der Waals surface area (Å²) in [5, 5.41) is 10.2. The molecule has 0 aromatic heterocycles. The number of rotatable bonds is 8. The van der Waals surface area contributed by atoms with Crippen molar-refractivity contribution in [1.82, 2.24) is 0 Å². The lowest BCUT2D eigenvalue weighted by Gasteiger charge is -2.15. The second-order valence-corrected chi connectivity index (χ2v) is 6.01. The summed E-state index contributed by atoms with van der Waals surface area (Å²) in [5.74, 6) is -0.392. The molecule has 0 bridgehead atoms. The van der Waals surface area contributed by atoms with Gasteiger partial charge in [-0.05, 0) is 26.0 Å². The molecule has 0 aliphatic rings. The standard InChI is InChI=1S/C21H22O5/c1-14(2)21(24)25-12-11-15(3)26-17-9-10-18(19(22)13-17)20(23)16-7-5-4-6-8-16/h4-10,13,15,22H,1,11-12H2,2-3H3. The minimum absolute atomic E-state index is 0.141. The second kappa shape index (κ2) is 8.85. The molecule has 1 unspecified atom stereocenters. The quantitative estimate of drug-likeness (QED) is 0.442. The highest BCUT2D eigenvalue weighted by atomic mass is 16.5. The van der Waals surface area contributed by atoms with Gasteiger partial charge >= 0.3 is 5.97 Å². The molecule has 2 rings (SSSR count). The van der Waals surface area contributed by atoms with Crippen LogP contribution in [0.25, 0.3) is 0 Å². The fraction of sp³-hybridized carbons (Fsp3) is 0.238. The lowest BCUT2D eigenvalue weighted by Crippen LogP contribution is -2.17. The molecule has 0 spiro atoms. The summed E-state index contributed by atoms with van der Waals surface area (Å²) in [5.41, 5.74) is 1.07. The highest BCUT2D eigenvalue weighted by molar-refractivity contribution is 6.10. The Morgan fingerprint density at radius 2 is 1.85 bits per heavy atom. The summed E-state index contributed by atoms with van der Waals surface area (Å²) >= 11 is 0. The fourth-order valence-corrected chi connectivity index (χ4v) is 2.25. The number of hydrogen-bond donors (Lipinski definition) is 1. The van der Waals surface area contributed by atoms with E-state index in [9.17, 15) is 14.7 Å². The average Bonchev–Trinajstić information content (AvgIpc) is 2.62. The van der Waals surface area contributed by atoms with Gasteiger partial charge in [0.15, 0.2) is 5.78 Å². The van der Waals surface area contributed by atoms with Gasteiger partial charge < -0.3 is 14.6 Å². The maximum atomic E-state index is 12.4. The zero-order chi connectivity index (χ0) is 19.1. The summed E-state index contributed by atoms with van der Waals surface area (Å²) in [6, 6.07) is 13.3. The van der Waals surface area contributed by atoms with E-state index in [1.807, 2.05) is 13.0 Å². The van der Waals surface area contributed by atoms with Gasteiger partial charge in [0.1, 0.15) is 11.5 Å². The summed E-state index contributed by atoms with van der Waals surface area (Å²) in [4.78, 5) is 23.7. The van der Waals surface area contributed by atoms with Crippen LogP contribution >= 0.6 is 0 Å². The molecule has 5 heteroatoms. The zero-order valence-corrected chi connectivity index (χ0v) is 14.9. The number of hydrogen-bond acceptors (Lipinski definition) is 5. The average molecular weight is 354 g/mol. The molecule has 0 fully saturated rings. The van der Waals surface area contributed by atoms with E-state index in [-0.39, 0.29) is 29.8 Å². The number of phenols is 1. The van der Waals surface area contributed by atoms with Gasteiger partial charge in [-0.25, -0.2) is 4.79 Å². The van der Waals surface area contributed by atoms with Crippen LogP contribution in [0.1, 0.15) is 36.2 Å². The van der Waals surface area contributed by atoms with Gasteiger partial charge in [0.05, 0.1) is 18.3 Å². The van der Waals surface area contributed by atoms with Crippen LogP contribution in [0.4, 0.5) is 0 Å². The second-order valence-electron chi connectivity index (χ2n) is 6.01. The molecule has 1 atom stereocenters. The monoisotopic (exact) mass is 354 g/mol. The Morgan fingerprint density at radius 1 is 1.15 bits per heavy atom. The van der Waals surface area contributed by atoms with Crippen LogP contribution in [0.5, 0.6) is 11.5 Å². The van der Waals surface area contributed by atoms with Crippen LogP contribution in [-0.2, 0) is 9.53 Å². The molecule has 0 aliphatic carbocycles. The Balaban J connectivity index is 1.95. The van der Waals surface area contributed by atoms with Crippen LogP contribution in [0.3, 0.4) is 0 Å². The summed E-state index contributed by atoms with van der Waals surface area (Å²) in [6.45, 7) is 7.14. The minimum atomic E-state index is -0.432. The molecule has 2 aromatic rings. The third-order valence-corrected chi connectivity index (χ3v) is 3.69. The molecular formula is C21H22O5. The van der Waals surface area contributed by atoms with E-state index in [1.54, 1.807) is 37.3 Å². The van der Waals surface area contributed by atoms with Crippen molar-refractivity contribution in [2.24, 2.45) is 0 Å². The van der Waals surface area contributed by atoms with Gasteiger partial charge in [-0.2, -0.15) is 0 Å². The molecule has 1 N–H and O–H groups in total. The van der Waals surface area contributed by atoms with Crippen molar-refractivity contribution in [1.29, 1.82) is 0 Å². The van der Waals surface area contributed by atoms with E-state index < -0.39 is 5.97 Å². The topological polar surface area (TPSA) is 72.8 Å². The first kappa shape index (κ1) is 19.2. The zero-order valence-electron chi connectivity index (χ0n) is 14.9. The largest absolute Gasteiger partial charge is 0.507 e. The molecule has 0 amide bonds. The van der Waals surface area contributed by atoms with Crippen molar-refractivity contribution in [3.05, 3.63) is 71.8 Å². The predicted octanol–water partition coefficient (Wildman–Crippen LogP) is 3.90. The number of ether oxygens (including phenoxy) is 2. The molecule has 0 saturated heterocycles. The third kappa shape index (κ3) is 5.21. The fourth-order valence-electron chi connectivity index (χ4n) is 2.25. The van der Waals surface area contributed by atoms with Gasteiger partial charge in [-0.1, -0.05) is 36.9 Å². The Kier molecular flexibility index (Phi) is 6.55. The molecule has 2 aromatic carbocycles. The Labute approximate surface area is 152 Å². The first-order chi connectivity index (χ1) is 12.4. The molecule has 0 saturated carbocycles. The van der Waals surface area contributed by atoms with Gasteiger partial charge in [-0.3, -0.25) is 4.79 Å². The maximum absolute atomic E-state index is 12.4. The summed E-state index contributed by atoms with van der Waals surface area (Å²) in [7, 11) is 0. The highest BCUT2D eigenvalue weighted by Gasteiger charge is 2.15. The Morgan fingerprint density at radius 3 is 2.46 bits per heavy atom. The van der Waals surface area contributed by atoms with Gasteiger partial charge in [0.2, 0.25) is 0 Å². The summed E-state index contributed by atoms with van der Waals surface area (Å²) in [6.07, 6.45) is 0.257. The van der Waals surface area contributed by atoms with Crippen LogP contribution < -0.4 is 4.74 Å². The van der Waals surface area contributed by atoms with Crippen molar-refractivity contribution >= 4 is 11.8 Å². The number of carbonyl (C=O) groups excluding carboxylic acids is 2. The van der Waals surface area contributed by atoms with Crippen LogP contribution in [-0.4, -0.2) is 29.6 Å². The Hall–Kier alpha value is -3.08. The molecule has 0 radical (unpaired) electrons. The van der Waals surface area contributed by atoms with Gasteiger partial charge in [-0.15, -0.1) is 0 Å². The SMILES string of the molecule is C=C(C)C(=O)OCCC(C)Oc1ccc(C(=O)c2ccccc2)c(O)c1. The van der Waals surface area contributed by atoms with Crippen LogP contribution in [0.2, 0.25) is 0 Å². The van der Waals surface area contributed by atoms with Gasteiger partial charge in [0, 0.05) is 23.6 Å². The molecule has 136 valence electrons. The van der Waals surface area contributed by atoms with E-state index in [0.717, 1.165) is 0 Å². The maximum Gasteiger partial charge on any atom is 0.333 e. The molecular weight excluding hydrogens is 332 g/mol. The first-order valence-corrected chi connectivity index (χ1v) is 8.30. The first-order valence-electron chi connectivity index (χ1n) is 8.30. The van der Waals surface area contributed by atoms with E-state index >= 15 is 0 Å². The number of esters is 1. The predicted molar refractivity (Wildman–Crippen MR) is 98.5 cm³/mol. The van der Waals surface area contributed by atoms with Gasteiger partial charge in [0.25, 0.3) is 0 Å². The van der Waals surface area contributed by atoms with E-state index in [1.165, 1.54) is 12.1 Å². The lowest BCUT2D eigenvalue weighted by molar-refractivity contribution is -0.139. The van der Waals surface area contributed by atoms with Crippen LogP contribution in [0, 0.1) is 0 Å². The van der Waals surface area contributed by atoms with Crippen LogP contribution in [0.15, 0.2) is 60.7 Å². The van der Waals surface area contributed by atoms with E-state index in [4.69, 9.17) is 9.47 Å². The van der Waals surface area contributed by atoms with Crippen molar-refractivity contribution in [2.75, 3.05) is 6.61 Å². The van der Waals surface area contributed by atoms with Crippen molar-refractivity contribution in [2.45, 2.75) is 26.4 Å². The Bertz CT molecular complexity index is 795. The molecule has 5 nitrogen and oxygen atoms in total. The minimum Gasteiger partial charge on any atom is -0.507 e. The third-order valence-electron chi connectivity index (χ3n) is 3.69. The highest BCUT2D eigenvalue weighted by Crippen LogP contribution is 2.26. The molecule has 26 heavy (non-hydrogen) atoms. The number of aromatic hydroxyl groups is 1. The molecule has 0 aliphatic heterocycles. The number of phenolic OH excluding ortho intramolecular Hbond substituents is 1. The lowest BCUT2D eigenvalue weighted by atomic mass is 10.0. The number of carbonyl (C=O) groups is 2. The number of ketones is 1. The van der Waals surface area contributed by atoms with Crippen molar-refractivity contribution < 1.29 is 24.2 Å². The van der Waals surface area contributed by atoms with Crippen molar-refractivity contribution in [3.63, 3.8) is 0 Å².